The first-order chi connectivity index (χ1) is 9.36. The van der Waals surface area contributed by atoms with E-state index in [9.17, 15) is 0 Å². The van der Waals surface area contributed by atoms with E-state index in [4.69, 9.17) is 0 Å². The fraction of sp³-hybridized carbons (Fsp3) is 0.214. The third-order valence-electron chi connectivity index (χ3n) is 2.76. The van der Waals surface area contributed by atoms with Crippen LogP contribution < -0.4 is 0 Å². The molecule has 0 aliphatic carbocycles. The summed E-state index contributed by atoms with van der Waals surface area (Å²) >= 11 is 3.45. The summed E-state index contributed by atoms with van der Waals surface area (Å²) in [7, 11) is 0. The fourth-order valence-electron chi connectivity index (χ4n) is 1.82. The van der Waals surface area contributed by atoms with Gasteiger partial charge in [-0.05, 0) is 12.5 Å². The van der Waals surface area contributed by atoms with Crippen LogP contribution in [0, 0.1) is 0 Å². The molecular weight excluding hydrogens is 274 g/mol. The lowest BCUT2D eigenvalue weighted by Gasteiger charge is -2.02. The molecule has 96 valence electrons. The predicted octanol–water partition coefficient (Wildman–Crippen LogP) is 3.94. The Morgan fingerprint density at radius 1 is 1.21 bits per heavy atom. The van der Waals surface area contributed by atoms with Crippen LogP contribution in [-0.2, 0) is 12.2 Å². The Balaban J connectivity index is 1.81. The normalized spacial score (nSPS) is 11.0. The van der Waals surface area contributed by atoms with Crippen molar-refractivity contribution in [2.75, 3.05) is 0 Å². The Kier molecular flexibility index (Phi) is 3.75. The zero-order chi connectivity index (χ0) is 13.1. The topological polar surface area (TPSA) is 38.7 Å². The van der Waals surface area contributed by atoms with E-state index in [1.165, 1.54) is 5.01 Å². The molecule has 0 radical (unpaired) electrons. The van der Waals surface area contributed by atoms with Gasteiger partial charge in [0.05, 0.1) is 16.2 Å². The summed E-state index contributed by atoms with van der Waals surface area (Å²) in [4.78, 5) is 13.2. The number of rotatable bonds is 4. The third-order valence-corrected chi connectivity index (χ3v) is 4.85. The third kappa shape index (κ3) is 2.77. The smallest absolute Gasteiger partial charge is 0.117 e. The van der Waals surface area contributed by atoms with Crippen LogP contribution in [0.5, 0.6) is 0 Å². The average molecular weight is 287 g/mol. The minimum Gasteiger partial charge on any atom is -0.245 e. The number of thiazole rings is 1. The number of hydrogen-bond acceptors (Lipinski definition) is 5. The Labute approximate surface area is 120 Å². The van der Waals surface area contributed by atoms with Gasteiger partial charge in [0.25, 0.3) is 0 Å². The second-order valence-corrected chi connectivity index (χ2v) is 5.98. The summed E-state index contributed by atoms with van der Waals surface area (Å²) < 4.78 is 0. The molecule has 0 aliphatic rings. The van der Waals surface area contributed by atoms with E-state index in [0.717, 1.165) is 33.8 Å². The molecule has 0 N–H and O–H groups in total. The molecule has 0 atom stereocenters. The van der Waals surface area contributed by atoms with Crippen LogP contribution in [0.3, 0.4) is 0 Å². The highest BCUT2D eigenvalue weighted by molar-refractivity contribution is 7.98. The van der Waals surface area contributed by atoms with Gasteiger partial charge in [-0.3, -0.25) is 0 Å². The highest BCUT2D eigenvalue weighted by atomic mass is 32.2. The number of para-hydroxylation sites is 1. The van der Waals surface area contributed by atoms with Gasteiger partial charge in [-0.2, -0.15) is 0 Å². The summed E-state index contributed by atoms with van der Waals surface area (Å²) in [5.41, 5.74) is 2.13. The molecule has 2 aromatic heterocycles. The number of aromatic nitrogens is 3. The van der Waals surface area contributed by atoms with Crippen LogP contribution in [0.15, 0.2) is 41.0 Å². The SMILES string of the molecule is CCc1nc(CSc2ncnc3ccccc23)cs1. The average Bonchev–Trinajstić information content (AvgIpc) is 2.93. The minimum atomic E-state index is 0.859. The maximum Gasteiger partial charge on any atom is 0.117 e. The Morgan fingerprint density at radius 2 is 2.11 bits per heavy atom. The maximum absolute atomic E-state index is 4.58. The number of hydrogen-bond donors (Lipinski definition) is 0. The van der Waals surface area contributed by atoms with E-state index in [-0.39, 0.29) is 0 Å². The zero-order valence-corrected chi connectivity index (χ0v) is 12.2. The van der Waals surface area contributed by atoms with Gasteiger partial charge in [-0.15, -0.1) is 11.3 Å². The van der Waals surface area contributed by atoms with E-state index in [1.54, 1.807) is 29.4 Å². The number of thioether (sulfide) groups is 1. The number of nitrogens with zero attached hydrogens (tertiary/aromatic N) is 3. The van der Waals surface area contributed by atoms with E-state index < -0.39 is 0 Å². The van der Waals surface area contributed by atoms with Gasteiger partial charge < -0.3 is 0 Å². The quantitative estimate of drug-likeness (QED) is 0.538. The second-order valence-electron chi connectivity index (χ2n) is 4.07. The summed E-state index contributed by atoms with van der Waals surface area (Å²) in [6.45, 7) is 2.13. The fourth-order valence-corrected chi connectivity index (χ4v) is 3.55. The predicted molar refractivity (Wildman–Crippen MR) is 80.6 cm³/mol. The van der Waals surface area contributed by atoms with Crippen LogP contribution in [0.1, 0.15) is 17.6 Å². The van der Waals surface area contributed by atoms with E-state index in [0.29, 0.717) is 0 Å². The number of benzene rings is 1. The Hall–Kier alpha value is -1.46. The molecule has 3 aromatic rings. The molecule has 0 saturated heterocycles. The first kappa shape index (κ1) is 12.6. The monoisotopic (exact) mass is 287 g/mol. The lowest BCUT2D eigenvalue weighted by molar-refractivity contribution is 1.06. The summed E-state index contributed by atoms with van der Waals surface area (Å²) in [5, 5.41) is 5.47. The zero-order valence-electron chi connectivity index (χ0n) is 10.5. The lowest BCUT2D eigenvalue weighted by Crippen LogP contribution is -1.88. The molecule has 0 fully saturated rings. The molecule has 19 heavy (non-hydrogen) atoms. The van der Waals surface area contributed by atoms with Gasteiger partial charge in [-0.1, -0.05) is 36.9 Å². The molecular formula is C14H13N3S2. The van der Waals surface area contributed by atoms with Gasteiger partial charge in [0, 0.05) is 16.5 Å². The van der Waals surface area contributed by atoms with E-state index in [1.807, 2.05) is 18.2 Å². The number of aryl methyl sites for hydroxylation is 1. The molecule has 0 amide bonds. The van der Waals surface area contributed by atoms with Crippen molar-refractivity contribution in [1.29, 1.82) is 0 Å². The van der Waals surface area contributed by atoms with Crippen molar-refractivity contribution in [3.8, 4) is 0 Å². The highest BCUT2D eigenvalue weighted by Gasteiger charge is 2.06. The van der Waals surface area contributed by atoms with Crippen molar-refractivity contribution in [3.63, 3.8) is 0 Å². The van der Waals surface area contributed by atoms with Gasteiger partial charge in [0.2, 0.25) is 0 Å². The van der Waals surface area contributed by atoms with Crippen LogP contribution in [0.2, 0.25) is 0 Å². The van der Waals surface area contributed by atoms with Crippen LogP contribution in [0.4, 0.5) is 0 Å². The van der Waals surface area contributed by atoms with E-state index in [2.05, 4.69) is 33.3 Å². The molecule has 0 unspecified atom stereocenters. The molecule has 3 rings (SSSR count). The molecule has 1 aromatic carbocycles. The molecule has 5 heteroatoms. The van der Waals surface area contributed by atoms with Gasteiger partial charge in [0.15, 0.2) is 0 Å². The molecule has 2 heterocycles. The second kappa shape index (κ2) is 5.67. The summed E-state index contributed by atoms with van der Waals surface area (Å²) in [6, 6.07) is 8.10. The molecule has 0 bridgehead atoms. The van der Waals surface area contributed by atoms with Gasteiger partial charge in [0.1, 0.15) is 11.4 Å². The largest absolute Gasteiger partial charge is 0.245 e. The first-order valence-electron chi connectivity index (χ1n) is 6.12. The molecule has 0 spiro atoms. The van der Waals surface area contributed by atoms with Crippen molar-refractivity contribution in [1.82, 2.24) is 15.0 Å². The highest BCUT2D eigenvalue weighted by Crippen LogP contribution is 2.27. The van der Waals surface area contributed by atoms with Crippen molar-refractivity contribution < 1.29 is 0 Å². The van der Waals surface area contributed by atoms with Gasteiger partial charge >= 0.3 is 0 Å². The summed E-state index contributed by atoms with van der Waals surface area (Å²) in [5.74, 6) is 0.859. The van der Waals surface area contributed by atoms with Crippen molar-refractivity contribution in [3.05, 3.63) is 46.7 Å². The van der Waals surface area contributed by atoms with Crippen molar-refractivity contribution >= 4 is 34.0 Å². The van der Waals surface area contributed by atoms with Crippen molar-refractivity contribution in [2.24, 2.45) is 0 Å². The Morgan fingerprint density at radius 3 is 2.95 bits per heavy atom. The van der Waals surface area contributed by atoms with Gasteiger partial charge in [-0.25, -0.2) is 15.0 Å². The van der Waals surface area contributed by atoms with Crippen molar-refractivity contribution in [2.45, 2.75) is 24.1 Å². The molecule has 0 aliphatic heterocycles. The summed E-state index contributed by atoms with van der Waals surface area (Å²) in [6.07, 6.45) is 2.63. The standard InChI is InChI=1S/C14H13N3S2/c1-2-13-17-10(7-18-13)8-19-14-11-5-3-4-6-12(11)15-9-16-14/h3-7,9H,2,8H2,1H3. The van der Waals surface area contributed by atoms with Crippen LogP contribution in [0.25, 0.3) is 10.9 Å². The number of fused-ring (bicyclic) bond motifs is 1. The lowest BCUT2D eigenvalue weighted by atomic mass is 10.2. The minimum absolute atomic E-state index is 0.859. The first-order valence-corrected chi connectivity index (χ1v) is 7.99. The van der Waals surface area contributed by atoms with Crippen LogP contribution >= 0.6 is 23.1 Å². The molecule has 0 saturated carbocycles. The maximum atomic E-state index is 4.58. The van der Waals surface area contributed by atoms with E-state index >= 15 is 0 Å². The molecule has 3 nitrogen and oxygen atoms in total. The van der Waals surface area contributed by atoms with Crippen LogP contribution in [-0.4, -0.2) is 15.0 Å². The Bertz CT molecular complexity index is 688.